The first kappa shape index (κ1) is 12.2. The molecule has 0 aliphatic heterocycles. The molecule has 0 heteroatoms. The largest absolute Gasteiger partial charge is 0.0619 e. The summed E-state index contributed by atoms with van der Waals surface area (Å²) in [7, 11) is 0. The molecule has 0 N–H and O–H groups in total. The predicted molar refractivity (Wildman–Crippen MR) is 83.1 cm³/mol. The Balaban J connectivity index is 1.94. The minimum Gasteiger partial charge on any atom is -0.0619 e. The zero-order valence-corrected chi connectivity index (χ0v) is 11.7. The Kier molecular flexibility index (Phi) is 3.25. The van der Waals surface area contributed by atoms with E-state index in [9.17, 15) is 0 Å². The number of benzene rings is 2. The SMILES string of the molecule is C/C(=C\c1ccccc1C1CC1)c1ccc(C)cc1. The van der Waals surface area contributed by atoms with Gasteiger partial charge in [0.2, 0.25) is 0 Å². The summed E-state index contributed by atoms with van der Waals surface area (Å²) in [6, 6.07) is 17.6. The van der Waals surface area contributed by atoms with Gasteiger partial charge >= 0.3 is 0 Å². The van der Waals surface area contributed by atoms with Crippen LogP contribution in [0.15, 0.2) is 48.5 Å². The zero-order valence-electron chi connectivity index (χ0n) is 11.7. The average molecular weight is 248 g/mol. The molecule has 0 unspecified atom stereocenters. The summed E-state index contributed by atoms with van der Waals surface area (Å²) in [4.78, 5) is 0. The lowest BCUT2D eigenvalue weighted by Gasteiger charge is -2.07. The Labute approximate surface area is 115 Å². The highest BCUT2D eigenvalue weighted by atomic mass is 14.3. The highest BCUT2D eigenvalue weighted by Gasteiger charge is 2.24. The molecule has 19 heavy (non-hydrogen) atoms. The van der Waals surface area contributed by atoms with E-state index >= 15 is 0 Å². The molecule has 0 radical (unpaired) electrons. The van der Waals surface area contributed by atoms with E-state index in [1.54, 1.807) is 0 Å². The van der Waals surface area contributed by atoms with E-state index in [1.807, 2.05) is 0 Å². The lowest BCUT2D eigenvalue weighted by atomic mass is 9.98. The van der Waals surface area contributed by atoms with Crippen LogP contribution in [0.1, 0.15) is 47.9 Å². The molecule has 3 rings (SSSR count). The maximum Gasteiger partial charge on any atom is -0.0156 e. The van der Waals surface area contributed by atoms with Gasteiger partial charge in [-0.1, -0.05) is 60.2 Å². The molecule has 1 fully saturated rings. The molecule has 0 bridgehead atoms. The Morgan fingerprint density at radius 1 is 1.00 bits per heavy atom. The summed E-state index contributed by atoms with van der Waals surface area (Å²) in [5, 5.41) is 0. The first-order valence-corrected chi connectivity index (χ1v) is 7.08. The van der Waals surface area contributed by atoms with Crippen molar-refractivity contribution in [2.24, 2.45) is 0 Å². The highest BCUT2D eigenvalue weighted by molar-refractivity contribution is 5.81. The van der Waals surface area contributed by atoms with E-state index in [0.29, 0.717) is 0 Å². The van der Waals surface area contributed by atoms with E-state index in [0.717, 1.165) is 5.92 Å². The molecule has 1 saturated carbocycles. The second-order valence-electron chi connectivity index (χ2n) is 5.60. The fourth-order valence-electron chi connectivity index (χ4n) is 2.54. The van der Waals surface area contributed by atoms with Crippen LogP contribution in [0, 0.1) is 6.92 Å². The fraction of sp³-hybridized carbons (Fsp3) is 0.263. The third-order valence-corrected chi connectivity index (χ3v) is 3.89. The Morgan fingerprint density at radius 3 is 2.37 bits per heavy atom. The molecule has 0 aromatic heterocycles. The standard InChI is InChI=1S/C19H20/c1-14-7-9-16(10-8-14)15(2)13-18-5-3-4-6-19(18)17-11-12-17/h3-10,13,17H,11-12H2,1-2H3/b15-13+. The molecular weight excluding hydrogens is 228 g/mol. The van der Waals surface area contributed by atoms with E-state index in [1.165, 1.54) is 40.7 Å². The quantitative estimate of drug-likeness (QED) is 0.635. The zero-order chi connectivity index (χ0) is 13.2. The molecule has 2 aromatic rings. The van der Waals surface area contributed by atoms with Crippen LogP contribution < -0.4 is 0 Å². The lowest BCUT2D eigenvalue weighted by molar-refractivity contribution is 1.12. The average Bonchev–Trinajstić information content (AvgIpc) is 3.24. The van der Waals surface area contributed by atoms with Gasteiger partial charge in [0.05, 0.1) is 0 Å². The second kappa shape index (κ2) is 5.05. The highest BCUT2D eigenvalue weighted by Crippen LogP contribution is 2.42. The van der Waals surface area contributed by atoms with Gasteiger partial charge in [0, 0.05) is 0 Å². The van der Waals surface area contributed by atoms with Crippen LogP contribution in [0.5, 0.6) is 0 Å². The van der Waals surface area contributed by atoms with Crippen molar-refractivity contribution in [2.45, 2.75) is 32.6 Å². The van der Waals surface area contributed by atoms with Gasteiger partial charge in [0.25, 0.3) is 0 Å². The predicted octanol–water partition coefficient (Wildman–Crippen LogP) is 5.43. The number of aryl methyl sites for hydroxylation is 1. The number of allylic oxidation sites excluding steroid dienone is 1. The van der Waals surface area contributed by atoms with Gasteiger partial charge in [-0.3, -0.25) is 0 Å². The van der Waals surface area contributed by atoms with Gasteiger partial charge in [-0.2, -0.15) is 0 Å². The van der Waals surface area contributed by atoms with Crippen molar-refractivity contribution >= 4 is 11.6 Å². The van der Waals surface area contributed by atoms with Crippen LogP contribution >= 0.6 is 0 Å². The first-order valence-electron chi connectivity index (χ1n) is 7.08. The lowest BCUT2D eigenvalue weighted by Crippen LogP contribution is -1.86. The topological polar surface area (TPSA) is 0 Å². The third-order valence-electron chi connectivity index (χ3n) is 3.89. The molecule has 96 valence electrons. The van der Waals surface area contributed by atoms with Crippen LogP contribution in [-0.4, -0.2) is 0 Å². The smallest absolute Gasteiger partial charge is 0.0156 e. The van der Waals surface area contributed by atoms with Crippen molar-refractivity contribution in [1.29, 1.82) is 0 Å². The van der Waals surface area contributed by atoms with Crippen LogP contribution in [0.2, 0.25) is 0 Å². The van der Waals surface area contributed by atoms with Crippen molar-refractivity contribution in [2.75, 3.05) is 0 Å². The maximum absolute atomic E-state index is 2.33. The van der Waals surface area contributed by atoms with Crippen LogP contribution in [0.4, 0.5) is 0 Å². The molecule has 1 aliphatic carbocycles. The Hall–Kier alpha value is -1.82. The van der Waals surface area contributed by atoms with Gasteiger partial charge in [-0.25, -0.2) is 0 Å². The van der Waals surface area contributed by atoms with E-state index in [4.69, 9.17) is 0 Å². The van der Waals surface area contributed by atoms with Gasteiger partial charge in [-0.05, 0) is 54.9 Å². The van der Waals surface area contributed by atoms with E-state index < -0.39 is 0 Å². The second-order valence-corrected chi connectivity index (χ2v) is 5.60. The summed E-state index contributed by atoms with van der Waals surface area (Å²) in [6.07, 6.45) is 5.04. The summed E-state index contributed by atoms with van der Waals surface area (Å²) in [6.45, 7) is 4.33. The third kappa shape index (κ3) is 2.78. The van der Waals surface area contributed by atoms with Crippen molar-refractivity contribution in [1.82, 2.24) is 0 Å². The van der Waals surface area contributed by atoms with Crippen molar-refractivity contribution in [3.63, 3.8) is 0 Å². The Morgan fingerprint density at radius 2 is 1.68 bits per heavy atom. The molecule has 0 atom stereocenters. The van der Waals surface area contributed by atoms with Gasteiger partial charge < -0.3 is 0 Å². The van der Waals surface area contributed by atoms with Gasteiger partial charge in [-0.15, -0.1) is 0 Å². The van der Waals surface area contributed by atoms with E-state index in [2.05, 4.69) is 68.5 Å². The normalized spacial score (nSPS) is 15.6. The van der Waals surface area contributed by atoms with Gasteiger partial charge in [0.15, 0.2) is 0 Å². The minimum atomic E-state index is 0.804. The van der Waals surface area contributed by atoms with Gasteiger partial charge in [0.1, 0.15) is 0 Å². The van der Waals surface area contributed by atoms with Crippen molar-refractivity contribution < 1.29 is 0 Å². The first-order chi connectivity index (χ1) is 9.24. The molecule has 0 heterocycles. The van der Waals surface area contributed by atoms with Crippen molar-refractivity contribution in [3.05, 3.63) is 70.8 Å². The van der Waals surface area contributed by atoms with Crippen LogP contribution in [0.25, 0.3) is 11.6 Å². The maximum atomic E-state index is 2.33. The number of rotatable bonds is 3. The molecule has 0 nitrogen and oxygen atoms in total. The summed E-state index contributed by atoms with van der Waals surface area (Å²) in [5.74, 6) is 0.804. The molecule has 1 aliphatic rings. The fourth-order valence-corrected chi connectivity index (χ4v) is 2.54. The summed E-state index contributed by atoms with van der Waals surface area (Å²) < 4.78 is 0. The molecule has 0 saturated heterocycles. The minimum absolute atomic E-state index is 0.804. The Bertz CT molecular complexity index is 598. The van der Waals surface area contributed by atoms with Crippen LogP contribution in [0.3, 0.4) is 0 Å². The molecular formula is C19H20. The van der Waals surface area contributed by atoms with Crippen molar-refractivity contribution in [3.8, 4) is 0 Å². The molecule has 0 amide bonds. The molecule has 0 spiro atoms. The number of hydrogen-bond donors (Lipinski definition) is 0. The van der Waals surface area contributed by atoms with E-state index in [-0.39, 0.29) is 0 Å². The number of hydrogen-bond acceptors (Lipinski definition) is 0. The van der Waals surface area contributed by atoms with Crippen LogP contribution in [-0.2, 0) is 0 Å². The summed E-state index contributed by atoms with van der Waals surface area (Å²) >= 11 is 0. The summed E-state index contributed by atoms with van der Waals surface area (Å²) in [5.41, 5.74) is 6.89. The monoisotopic (exact) mass is 248 g/mol. The molecule has 2 aromatic carbocycles.